The maximum Gasteiger partial charge on any atom is 0.151 e. The van der Waals surface area contributed by atoms with Gasteiger partial charge < -0.3 is 0 Å². The molecular formula is C14H18BrNO. The summed E-state index contributed by atoms with van der Waals surface area (Å²) in [7, 11) is 0. The molecule has 0 aromatic heterocycles. The van der Waals surface area contributed by atoms with E-state index in [-0.39, 0.29) is 11.8 Å². The standard InChI is InChI=1S/C14H18BrNO/c1-11(17)14(16-8-3-2-4-9-16)12-6-5-7-13(15)10-12/h5-7,10,14H,2-4,8-9H2,1H3. The minimum atomic E-state index is -0.0622. The van der Waals surface area contributed by atoms with E-state index in [0.29, 0.717) is 0 Å². The van der Waals surface area contributed by atoms with Crippen molar-refractivity contribution in [2.45, 2.75) is 32.2 Å². The van der Waals surface area contributed by atoms with Crippen LogP contribution in [-0.4, -0.2) is 23.8 Å². The molecule has 0 bridgehead atoms. The SMILES string of the molecule is CC(=O)C(c1cccc(Br)c1)N1CCCCC1. The molecule has 0 aliphatic carbocycles. The summed E-state index contributed by atoms with van der Waals surface area (Å²) < 4.78 is 1.04. The van der Waals surface area contributed by atoms with E-state index in [4.69, 9.17) is 0 Å². The number of rotatable bonds is 3. The van der Waals surface area contributed by atoms with Crippen LogP contribution in [0.25, 0.3) is 0 Å². The van der Waals surface area contributed by atoms with E-state index < -0.39 is 0 Å². The lowest BCUT2D eigenvalue weighted by molar-refractivity contribution is -0.122. The molecule has 92 valence electrons. The van der Waals surface area contributed by atoms with Crippen LogP contribution in [0.1, 0.15) is 37.8 Å². The van der Waals surface area contributed by atoms with Gasteiger partial charge in [0.25, 0.3) is 0 Å². The maximum atomic E-state index is 11.9. The third-order valence-corrected chi connectivity index (χ3v) is 3.80. The zero-order valence-electron chi connectivity index (χ0n) is 10.2. The molecule has 0 amide bonds. The number of piperidine rings is 1. The highest BCUT2D eigenvalue weighted by Gasteiger charge is 2.25. The summed E-state index contributed by atoms with van der Waals surface area (Å²) in [5, 5.41) is 0. The van der Waals surface area contributed by atoms with E-state index >= 15 is 0 Å². The molecule has 1 aromatic carbocycles. The van der Waals surface area contributed by atoms with Gasteiger partial charge in [0.1, 0.15) is 0 Å². The Morgan fingerprint density at radius 1 is 1.29 bits per heavy atom. The van der Waals surface area contributed by atoms with Crippen LogP contribution in [0, 0.1) is 0 Å². The zero-order chi connectivity index (χ0) is 12.3. The van der Waals surface area contributed by atoms with Crippen LogP contribution in [0.15, 0.2) is 28.7 Å². The molecule has 1 saturated heterocycles. The average Bonchev–Trinajstić information content (AvgIpc) is 2.30. The number of Topliss-reactive ketones (excluding diaryl/α,β-unsaturated/α-hetero) is 1. The highest BCUT2D eigenvalue weighted by atomic mass is 79.9. The number of carbonyl (C=O) groups excluding carboxylic acids is 1. The van der Waals surface area contributed by atoms with Crippen molar-refractivity contribution in [3.8, 4) is 0 Å². The predicted octanol–water partition coefficient (Wildman–Crippen LogP) is 3.57. The van der Waals surface area contributed by atoms with Gasteiger partial charge in [-0.25, -0.2) is 0 Å². The Kier molecular flexibility index (Phi) is 4.35. The van der Waals surface area contributed by atoms with Gasteiger partial charge in [-0.15, -0.1) is 0 Å². The molecule has 0 radical (unpaired) electrons. The summed E-state index contributed by atoms with van der Waals surface area (Å²) >= 11 is 3.47. The summed E-state index contributed by atoms with van der Waals surface area (Å²) in [4.78, 5) is 14.2. The molecule has 1 aromatic rings. The molecule has 1 aliphatic rings. The number of benzene rings is 1. The van der Waals surface area contributed by atoms with E-state index in [1.54, 1.807) is 6.92 Å². The lowest BCUT2D eigenvalue weighted by atomic mass is 9.99. The fraction of sp³-hybridized carbons (Fsp3) is 0.500. The Hall–Kier alpha value is -0.670. The van der Waals surface area contributed by atoms with E-state index in [0.717, 1.165) is 23.1 Å². The molecule has 1 atom stereocenters. The van der Waals surface area contributed by atoms with Gasteiger partial charge in [-0.05, 0) is 50.6 Å². The normalized spacial score (nSPS) is 18.9. The topological polar surface area (TPSA) is 20.3 Å². The Balaban J connectivity index is 2.25. The Bertz CT molecular complexity index is 399. The highest BCUT2D eigenvalue weighted by molar-refractivity contribution is 9.10. The van der Waals surface area contributed by atoms with Crippen LogP contribution in [-0.2, 0) is 4.79 Å². The molecule has 17 heavy (non-hydrogen) atoms. The molecule has 2 rings (SSSR count). The minimum absolute atomic E-state index is 0.0622. The highest BCUT2D eigenvalue weighted by Crippen LogP contribution is 2.27. The number of ketones is 1. The first-order valence-electron chi connectivity index (χ1n) is 6.18. The van der Waals surface area contributed by atoms with Crippen molar-refractivity contribution in [3.63, 3.8) is 0 Å². The van der Waals surface area contributed by atoms with Gasteiger partial charge in [0.05, 0.1) is 6.04 Å². The average molecular weight is 296 g/mol. The zero-order valence-corrected chi connectivity index (χ0v) is 11.7. The monoisotopic (exact) mass is 295 g/mol. The van der Waals surface area contributed by atoms with Gasteiger partial charge in [-0.2, -0.15) is 0 Å². The summed E-state index contributed by atoms with van der Waals surface area (Å²) in [5.41, 5.74) is 1.11. The van der Waals surface area contributed by atoms with Gasteiger partial charge >= 0.3 is 0 Å². The first-order chi connectivity index (χ1) is 8.18. The summed E-state index contributed by atoms with van der Waals surface area (Å²) in [6.07, 6.45) is 3.70. The van der Waals surface area contributed by atoms with E-state index in [1.165, 1.54) is 19.3 Å². The summed E-state index contributed by atoms with van der Waals surface area (Å²) in [6, 6.07) is 8.04. The van der Waals surface area contributed by atoms with Gasteiger partial charge in [0.15, 0.2) is 5.78 Å². The van der Waals surface area contributed by atoms with E-state index in [1.807, 2.05) is 18.2 Å². The molecule has 2 nitrogen and oxygen atoms in total. The third-order valence-electron chi connectivity index (χ3n) is 3.31. The second-order valence-electron chi connectivity index (χ2n) is 4.66. The predicted molar refractivity (Wildman–Crippen MR) is 73.0 cm³/mol. The number of nitrogens with zero attached hydrogens (tertiary/aromatic N) is 1. The quantitative estimate of drug-likeness (QED) is 0.850. The molecule has 1 heterocycles. The Labute approximate surface area is 111 Å². The number of hydrogen-bond acceptors (Lipinski definition) is 2. The van der Waals surface area contributed by atoms with Crippen molar-refractivity contribution in [3.05, 3.63) is 34.3 Å². The third kappa shape index (κ3) is 3.17. The van der Waals surface area contributed by atoms with Crippen molar-refractivity contribution in [2.75, 3.05) is 13.1 Å². The van der Waals surface area contributed by atoms with Gasteiger partial charge in [0.2, 0.25) is 0 Å². The van der Waals surface area contributed by atoms with Gasteiger partial charge in [-0.1, -0.05) is 34.5 Å². The molecule has 0 spiro atoms. The summed E-state index contributed by atoms with van der Waals surface area (Å²) in [5.74, 6) is 0.241. The minimum Gasteiger partial charge on any atom is -0.298 e. The number of halogens is 1. The van der Waals surface area contributed by atoms with Crippen LogP contribution in [0.5, 0.6) is 0 Å². The Morgan fingerprint density at radius 2 is 2.00 bits per heavy atom. The van der Waals surface area contributed by atoms with Crippen molar-refractivity contribution in [1.29, 1.82) is 0 Å². The lowest BCUT2D eigenvalue weighted by Crippen LogP contribution is -2.37. The van der Waals surface area contributed by atoms with Gasteiger partial charge in [-0.3, -0.25) is 9.69 Å². The van der Waals surface area contributed by atoms with Gasteiger partial charge in [0, 0.05) is 4.47 Å². The van der Waals surface area contributed by atoms with Crippen LogP contribution in [0.3, 0.4) is 0 Å². The second kappa shape index (κ2) is 5.78. The van der Waals surface area contributed by atoms with Crippen molar-refractivity contribution in [1.82, 2.24) is 4.90 Å². The lowest BCUT2D eigenvalue weighted by Gasteiger charge is -2.33. The maximum absolute atomic E-state index is 11.9. The van der Waals surface area contributed by atoms with Crippen molar-refractivity contribution in [2.24, 2.45) is 0 Å². The molecule has 1 unspecified atom stereocenters. The molecule has 1 fully saturated rings. The van der Waals surface area contributed by atoms with E-state index in [2.05, 4.69) is 26.9 Å². The molecule has 0 saturated carbocycles. The van der Waals surface area contributed by atoms with Crippen LogP contribution in [0.4, 0.5) is 0 Å². The largest absolute Gasteiger partial charge is 0.298 e. The van der Waals surface area contributed by atoms with Crippen LogP contribution >= 0.6 is 15.9 Å². The first kappa shape index (κ1) is 12.8. The van der Waals surface area contributed by atoms with Crippen LogP contribution in [0.2, 0.25) is 0 Å². The number of carbonyl (C=O) groups is 1. The Morgan fingerprint density at radius 3 is 2.59 bits per heavy atom. The molecular weight excluding hydrogens is 278 g/mol. The summed E-state index contributed by atoms with van der Waals surface area (Å²) in [6.45, 7) is 3.77. The number of likely N-dealkylation sites (tertiary alicyclic amines) is 1. The van der Waals surface area contributed by atoms with Crippen LogP contribution < -0.4 is 0 Å². The van der Waals surface area contributed by atoms with Crippen molar-refractivity contribution < 1.29 is 4.79 Å². The first-order valence-corrected chi connectivity index (χ1v) is 6.98. The van der Waals surface area contributed by atoms with Crippen molar-refractivity contribution >= 4 is 21.7 Å². The fourth-order valence-corrected chi connectivity index (χ4v) is 2.97. The molecule has 1 aliphatic heterocycles. The van der Waals surface area contributed by atoms with E-state index in [9.17, 15) is 4.79 Å². The molecule has 0 N–H and O–H groups in total. The molecule has 3 heteroatoms. The fourth-order valence-electron chi connectivity index (χ4n) is 2.56. The smallest absolute Gasteiger partial charge is 0.151 e. The second-order valence-corrected chi connectivity index (χ2v) is 5.58. The number of hydrogen-bond donors (Lipinski definition) is 0.